The van der Waals surface area contributed by atoms with Crippen LogP contribution >= 0.6 is 0 Å². The van der Waals surface area contributed by atoms with Gasteiger partial charge in [0.2, 0.25) is 0 Å². The van der Waals surface area contributed by atoms with Crippen LogP contribution in [-0.4, -0.2) is 31.3 Å². The van der Waals surface area contributed by atoms with Gasteiger partial charge in [0.1, 0.15) is 11.6 Å². The van der Waals surface area contributed by atoms with Crippen LogP contribution in [0.2, 0.25) is 0 Å². The Morgan fingerprint density at radius 3 is 2.67 bits per heavy atom. The highest BCUT2D eigenvalue weighted by Gasteiger charge is 2.32. The molecule has 1 saturated heterocycles. The third-order valence-corrected chi connectivity index (χ3v) is 3.70. The molecule has 0 aromatic carbocycles. The molecule has 0 aliphatic carbocycles. The molecule has 2 atom stereocenters. The first kappa shape index (κ1) is 15.9. The Hall–Kier alpha value is -1.50. The van der Waals surface area contributed by atoms with Gasteiger partial charge in [-0.25, -0.2) is 4.98 Å². The van der Waals surface area contributed by atoms with Gasteiger partial charge in [0, 0.05) is 26.1 Å². The van der Waals surface area contributed by atoms with E-state index in [-0.39, 0.29) is 17.7 Å². The van der Waals surface area contributed by atoms with E-state index in [0.717, 1.165) is 25.0 Å². The fourth-order valence-corrected chi connectivity index (χ4v) is 2.53. The number of nitrogens with one attached hydrogen (secondary N) is 2. The molecule has 118 valence electrons. The summed E-state index contributed by atoms with van der Waals surface area (Å²) in [4.78, 5) is 4.11. The van der Waals surface area contributed by atoms with Gasteiger partial charge in [0.05, 0.1) is 11.7 Å². The maximum Gasteiger partial charge on any atom is 0.416 e. The third kappa shape index (κ3) is 4.00. The summed E-state index contributed by atoms with van der Waals surface area (Å²) < 4.78 is 44.1. The first-order valence-corrected chi connectivity index (χ1v) is 7.06. The molecular weight excluding hydrogens is 283 g/mol. The van der Waals surface area contributed by atoms with Gasteiger partial charge in [-0.05, 0) is 25.0 Å². The van der Waals surface area contributed by atoms with Crippen molar-refractivity contribution >= 4 is 11.6 Å². The highest BCUT2D eigenvalue weighted by Crippen LogP contribution is 2.32. The summed E-state index contributed by atoms with van der Waals surface area (Å²) in [5, 5.41) is 5.66. The lowest BCUT2D eigenvalue weighted by Crippen LogP contribution is -2.23. The van der Waals surface area contributed by atoms with Crippen LogP contribution in [0.5, 0.6) is 0 Å². The number of hydrogen-bond donors (Lipinski definition) is 2. The molecule has 4 nitrogen and oxygen atoms in total. The fraction of sp³-hybridized carbons (Fsp3) is 0.643. The SMILES string of the molecule is CCC1OCCC1CNc1cc(C(F)(F)F)cc(NC)n1. The van der Waals surface area contributed by atoms with Crippen molar-refractivity contribution in [3.8, 4) is 0 Å². The van der Waals surface area contributed by atoms with E-state index in [2.05, 4.69) is 15.6 Å². The van der Waals surface area contributed by atoms with Crippen LogP contribution in [0.3, 0.4) is 0 Å². The number of aromatic nitrogens is 1. The summed E-state index contributed by atoms with van der Waals surface area (Å²) in [6.07, 6.45) is -2.38. The average Bonchev–Trinajstić information content (AvgIpc) is 2.91. The van der Waals surface area contributed by atoms with Crippen LogP contribution in [0.1, 0.15) is 25.3 Å². The number of alkyl halides is 3. The van der Waals surface area contributed by atoms with Crippen LogP contribution in [0, 0.1) is 5.92 Å². The van der Waals surface area contributed by atoms with E-state index >= 15 is 0 Å². The van der Waals surface area contributed by atoms with Crippen molar-refractivity contribution in [3.05, 3.63) is 17.7 Å². The Morgan fingerprint density at radius 2 is 2.05 bits per heavy atom. The summed E-state index contributed by atoms with van der Waals surface area (Å²) in [5.74, 6) is 0.738. The van der Waals surface area contributed by atoms with Crippen LogP contribution in [0.15, 0.2) is 12.1 Å². The van der Waals surface area contributed by atoms with E-state index in [0.29, 0.717) is 19.1 Å². The lowest BCUT2D eigenvalue weighted by molar-refractivity contribution is -0.137. The smallest absolute Gasteiger partial charge is 0.378 e. The quantitative estimate of drug-likeness (QED) is 0.875. The Morgan fingerprint density at radius 1 is 1.33 bits per heavy atom. The first-order valence-electron chi connectivity index (χ1n) is 7.06. The van der Waals surface area contributed by atoms with Gasteiger partial charge in [-0.2, -0.15) is 13.2 Å². The van der Waals surface area contributed by atoms with Gasteiger partial charge in [0.25, 0.3) is 0 Å². The molecule has 0 saturated carbocycles. The van der Waals surface area contributed by atoms with Crippen LogP contribution in [0.4, 0.5) is 24.8 Å². The molecule has 0 spiro atoms. The van der Waals surface area contributed by atoms with Crippen LogP contribution < -0.4 is 10.6 Å². The second-order valence-electron chi connectivity index (χ2n) is 5.12. The number of halogens is 3. The van der Waals surface area contributed by atoms with Gasteiger partial charge in [-0.3, -0.25) is 0 Å². The molecule has 2 heterocycles. The molecule has 1 aliphatic rings. The second-order valence-corrected chi connectivity index (χ2v) is 5.12. The minimum Gasteiger partial charge on any atom is -0.378 e. The van der Waals surface area contributed by atoms with Gasteiger partial charge >= 0.3 is 6.18 Å². The van der Waals surface area contributed by atoms with E-state index in [1.165, 1.54) is 0 Å². The maximum absolute atomic E-state index is 12.8. The summed E-state index contributed by atoms with van der Waals surface area (Å²) >= 11 is 0. The molecule has 1 fully saturated rings. The monoisotopic (exact) mass is 303 g/mol. The topological polar surface area (TPSA) is 46.2 Å². The van der Waals surface area contributed by atoms with E-state index in [9.17, 15) is 13.2 Å². The van der Waals surface area contributed by atoms with Crippen molar-refractivity contribution in [2.45, 2.75) is 32.0 Å². The van der Waals surface area contributed by atoms with E-state index in [4.69, 9.17) is 4.74 Å². The maximum atomic E-state index is 12.8. The Bertz CT molecular complexity index is 479. The van der Waals surface area contributed by atoms with Crippen molar-refractivity contribution < 1.29 is 17.9 Å². The molecule has 1 aromatic heterocycles. The normalized spacial score (nSPS) is 22.3. The van der Waals surface area contributed by atoms with E-state index < -0.39 is 11.7 Å². The zero-order valence-corrected chi connectivity index (χ0v) is 12.1. The summed E-state index contributed by atoms with van der Waals surface area (Å²) in [6.45, 7) is 3.32. The molecule has 1 aromatic rings. The largest absolute Gasteiger partial charge is 0.416 e. The highest BCUT2D eigenvalue weighted by atomic mass is 19.4. The van der Waals surface area contributed by atoms with Crippen molar-refractivity contribution in [1.82, 2.24) is 4.98 Å². The number of ether oxygens (including phenoxy) is 1. The standard InChI is InChI=1S/C14H20F3N3O/c1-3-11-9(4-5-21-11)8-19-13-7-10(14(15,16)17)6-12(18-2)20-13/h6-7,9,11H,3-5,8H2,1-2H3,(H2,18,19,20). The minimum atomic E-state index is -4.38. The molecule has 2 N–H and O–H groups in total. The predicted octanol–water partition coefficient (Wildman–Crippen LogP) is 3.37. The van der Waals surface area contributed by atoms with Gasteiger partial charge in [0.15, 0.2) is 0 Å². The fourth-order valence-electron chi connectivity index (χ4n) is 2.53. The van der Waals surface area contributed by atoms with Crippen molar-refractivity contribution in [3.63, 3.8) is 0 Å². The molecule has 0 bridgehead atoms. The zero-order valence-electron chi connectivity index (χ0n) is 12.1. The van der Waals surface area contributed by atoms with Crippen molar-refractivity contribution in [1.29, 1.82) is 0 Å². The zero-order chi connectivity index (χ0) is 15.5. The molecule has 2 rings (SSSR count). The number of rotatable bonds is 5. The molecule has 7 heteroatoms. The van der Waals surface area contributed by atoms with Gasteiger partial charge in [-0.15, -0.1) is 0 Å². The third-order valence-electron chi connectivity index (χ3n) is 3.70. The number of nitrogens with zero attached hydrogens (tertiary/aromatic N) is 1. The van der Waals surface area contributed by atoms with Crippen LogP contribution in [0.25, 0.3) is 0 Å². The molecule has 2 unspecified atom stereocenters. The van der Waals surface area contributed by atoms with Crippen LogP contribution in [-0.2, 0) is 10.9 Å². The number of hydrogen-bond acceptors (Lipinski definition) is 4. The Labute approximate surface area is 122 Å². The number of anilines is 2. The number of pyridine rings is 1. The van der Waals surface area contributed by atoms with Gasteiger partial charge in [-0.1, -0.05) is 6.92 Å². The van der Waals surface area contributed by atoms with Crippen molar-refractivity contribution in [2.75, 3.05) is 30.8 Å². The summed E-state index contributed by atoms with van der Waals surface area (Å²) in [6, 6.07) is 2.04. The summed E-state index contributed by atoms with van der Waals surface area (Å²) in [5.41, 5.74) is -0.709. The lowest BCUT2D eigenvalue weighted by Gasteiger charge is -2.18. The van der Waals surface area contributed by atoms with E-state index in [1.807, 2.05) is 6.92 Å². The Balaban J connectivity index is 2.09. The molecule has 0 radical (unpaired) electrons. The highest BCUT2D eigenvalue weighted by molar-refractivity contribution is 5.49. The molecule has 0 amide bonds. The minimum absolute atomic E-state index is 0.173. The first-order chi connectivity index (χ1) is 9.94. The summed E-state index contributed by atoms with van der Waals surface area (Å²) in [7, 11) is 1.55. The molecule has 1 aliphatic heterocycles. The van der Waals surface area contributed by atoms with Crippen molar-refractivity contribution in [2.24, 2.45) is 5.92 Å². The molecule has 21 heavy (non-hydrogen) atoms. The Kier molecular flexibility index (Phi) is 4.92. The molecular formula is C14H20F3N3O. The van der Waals surface area contributed by atoms with E-state index in [1.54, 1.807) is 7.05 Å². The lowest BCUT2D eigenvalue weighted by atomic mass is 10.00. The van der Waals surface area contributed by atoms with Gasteiger partial charge < -0.3 is 15.4 Å². The second kappa shape index (κ2) is 6.51. The predicted molar refractivity (Wildman–Crippen MR) is 75.4 cm³/mol. The average molecular weight is 303 g/mol.